The molecule has 0 unspecified atom stereocenters. The summed E-state index contributed by atoms with van der Waals surface area (Å²) < 4.78 is 10.4. The quantitative estimate of drug-likeness (QED) is 0.831. The Morgan fingerprint density at radius 1 is 1.20 bits per heavy atom. The third-order valence-corrected chi connectivity index (χ3v) is 2.37. The molecule has 0 aromatic heterocycles. The van der Waals surface area contributed by atoms with Gasteiger partial charge in [-0.2, -0.15) is 0 Å². The number of thiocarbonyl (C=S) groups is 1. The van der Waals surface area contributed by atoms with Gasteiger partial charge in [-0.15, -0.1) is 0 Å². The van der Waals surface area contributed by atoms with Crippen LogP contribution < -0.4 is 20.1 Å². The maximum atomic E-state index is 11.6. The second-order valence-electron chi connectivity index (χ2n) is 5.22. The van der Waals surface area contributed by atoms with Crippen LogP contribution in [0.4, 0.5) is 0 Å². The normalized spacial score (nSPS) is 10.6. The zero-order valence-corrected chi connectivity index (χ0v) is 13.0. The highest BCUT2D eigenvalue weighted by molar-refractivity contribution is 7.80. The number of hydrogen-bond donors (Lipinski definition) is 2. The maximum Gasteiger partial charge on any atom is 0.264 e. The van der Waals surface area contributed by atoms with Gasteiger partial charge in [-0.25, -0.2) is 0 Å². The first-order chi connectivity index (χ1) is 9.30. The second kappa shape index (κ2) is 7.09. The van der Waals surface area contributed by atoms with Crippen molar-refractivity contribution in [1.29, 1.82) is 0 Å². The van der Waals surface area contributed by atoms with Gasteiger partial charge in [0, 0.05) is 5.54 Å². The zero-order valence-electron chi connectivity index (χ0n) is 12.1. The van der Waals surface area contributed by atoms with E-state index in [0.29, 0.717) is 10.9 Å². The average Bonchev–Trinajstić information content (AvgIpc) is 2.34. The van der Waals surface area contributed by atoms with E-state index < -0.39 is 0 Å². The van der Waals surface area contributed by atoms with Gasteiger partial charge in [0.1, 0.15) is 11.5 Å². The van der Waals surface area contributed by atoms with Crippen LogP contribution in [0.15, 0.2) is 24.3 Å². The Hall–Kier alpha value is -1.82. The Labute approximate surface area is 124 Å². The molecule has 0 heterocycles. The Kier molecular flexibility index (Phi) is 5.76. The molecule has 0 bridgehead atoms. The first-order valence-electron chi connectivity index (χ1n) is 6.19. The number of ether oxygens (including phenoxy) is 2. The molecule has 0 saturated carbocycles. The Balaban J connectivity index is 2.37. The summed E-state index contributed by atoms with van der Waals surface area (Å²) in [6.45, 7) is 5.77. The van der Waals surface area contributed by atoms with Gasteiger partial charge < -0.3 is 20.1 Å². The largest absolute Gasteiger partial charge is 0.497 e. The molecule has 5 nitrogen and oxygen atoms in total. The minimum Gasteiger partial charge on any atom is -0.497 e. The first kappa shape index (κ1) is 16.2. The summed E-state index contributed by atoms with van der Waals surface area (Å²) >= 11 is 5.03. The molecule has 0 aliphatic rings. The van der Waals surface area contributed by atoms with Crippen molar-refractivity contribution < 1.29 is 14.3 Å². The fraction of sp³-hybridized carbons (Fsp3) is 0.429. The third kappa shape index (κ3) is 6.38. The number of carbonyl (C=O) groups is 1. The van der Waals surface area contributed by atoms with Gasteiger partial charge >= 0.3 is 0 Å². The Morgan fingerprint density at radius 2 is 1.75 bits per heavy atom. The van der Waals surface area contributed by atoms with Crippen LogP contribution >= 0.6 is 12.2 Å². The second-order valence-corrected chi connectivity index (χ2v) is 5.62. The summed E-state index contributed by atoms with van der Waals surface area (Å²) in [5, 5.41) is 5.84. The van der Waals surface area contributed by atoms with E-state index in [-0.39, 0.29) is 18.1 Å². The van der Waals surface area contributed by atoms with Crippen molar-refractivity contribution in [1.82, 2.24) is 10.6 Å². The molecule has 0 aliphatic heterocycles. The third-order valence-electron chi connectivity index (χ3n) is 2.17. The van der Waals surface area contributed by atoms with Crippen molar-refractivity contribution in [2.24, 2.45) is 0 Å². The van der Waals surface area contributed by atoms with Crippen molar-refractivity contribution >= 4 is 23.2 Å². The lowest BCUT2D eigenvalue weighted by molar-refractivity contribution is -0.121. The molecule has 110 valence electrons. The summed E-state index contributed by atoms with van der Waals surface area (Å²) in [7, 11) is 1.59. The van der Waals surface area contributed by atoms with Gasteiger partial charge in [0.15, 0.2) is 11.7 Å². The number of methoxy groups -OCH3 is 1. The topological polar surface area (TPSA) is 59.6 Å². The summed E-state index contributed by atoms with van der Waals surface area (Å²) in [5.41, 5.74) is -0.193. The van der Waals surface area contributed by atoms with Crippen molar-refractivity contribution in [3.8, 4) is 11.5 Å². The van der Waals surface area contributed by atoms with Crippen LogP contribution in [0.3, 0.4) is 0 Å². The van der Waals surface area contributed by atoms with Crippen LogP contribution in [0.1, 0.15) is 20.8 Å². The fourth-order valence-electron chi connectivity index (χ4n) is 1.36. The summed E-state index contributed by atoms with van der Waals surface area (Å²) in [6, 6.07) is 6.99. The average molecular weight is 296 g/mol. The van der Waals surface area contributed by atoms with E-state index in [4.69, 9.17) is 21.7 Å². The Bertz CT molecular complexity index is 466. The Morgan fingerprint density at radius 3 is 2.25 bits per heavy atom. The van der Waals surface area contributed by atoms with Crippen LogP contribution in [0.5, 0.6) is 11.5 Å². The van der Waals surface area contributed by atoms with Crippen molar-refractivity contribution in [2.45, 2.75) is 26.3 Å². The van der Waals surface area contributed by atoms with E-state index in [9.17, 15) is 4.79 Å². The van der Waals surface area contributed by atoms with Gasteiger partial charge in [0.25, 0.3) is 5.91 Å². The highest BCUT2D eigenvalue weighted by atomic mass is 32.1. The maximum absolute atomic E-state index is 11.6. The molecule has 0 aliphatic carbocycles. The standard InChI is InChI=1S/C14H20N2O3S/c1-14(2,3)16-13(20)15-12(17)9-19-11-7-5-10(18-4)6-8-11/h5-8H,9H2,1-4H3,(H2,15,16,17,20). The van der Waals surface area contributed by atoms with Crippen molar-refractivity contribution in [2.75, 3.05) is 13.7 Å². The van der Waals surface area contributed by atoms with Gasteiger partial charge in [0.05, 0.1) is 7.11 Å². The van der Waals surface area contributed by atoms with Crippen molar-refractivity contribution in [3.63, 3.8) is 0 Å². The van der Waals surface area contributed by atoms with Crippen LogP contribution in [0.2, 0.25) is 0 Å². The predicted molar refractivity (Wildman–Crippen MR) is 82.1 cm³/mol. The van der Waals surface area contributed by atoms with E-state index in [1.54, 1.807) is 31.4 Å². The highest BCUT2D eigenvalue weighted by Crippen LogP contribution is 2.16. The van der Waals surface area contributed by atoms with E-state index in [1.165, 1.54) is 0 Å². The highest BCUT2D eigenvalue weighted by Gasteiger charge is 2.13. The molecule has 0 fully saturated rings. The number of hydrogen-bond acceptors (Lipinski definition) is 4. The molecule has 20 heavy (non-hydrogen) atoms. The SMILES string of the molecule is COc1ccc(OCC(=O)NC(=S)NC(C)(C)C)cc1. The van der Waals surface area contributed by atoms with Crippen LogP contribution in [0, 0.1) is 0 Å². The molecule has 0 radical (unpaired) electrons. The molecule has 1 rings (SSSR count). The van der Waals surface area contributed by atoms with Crippen LogP contribution in [-0.2, 0) is 4.79 Å². The molecule has 0 saturated heterocycles. The van der Waals surface area contributed by atoms with E-state index in [1.807, 2.05) is 20.8 Å². The molecule has 1 aromatic carbocycles. The number of nitrogens with one attached hydrogen (secondary N) is 2. The molecule has 1 amide bonds. The summed E-state index contributed by atoms with van der Waals surface area (Å²) in [4.78, 5) is 11.6. The predicted octanol–water partition coefficient (Wildman–Crippen LogP) is 1.86. The van der Waals surface area contributed by atoms with Gasteiger partial charge in [-0.3, -0.25) is 4.79 Å². The smallest absolute Gasteiger partial charge is 0.264 e. The van der Waals surface area contributed by atoms with E-state index in [2.05, 4.69) is 10.6 Å². The molecule has 0 atom stereocenters. The summed E-state index contributed by atoms with van der Waals surface area (Å²) in [6.07, 6.45) is 0. The lowest BCUT2D eigenvalue weighted by Gasteiger charge is -2.22. The molecular weight excluding hydrogens is 276 g/mol. The molecule has 6 heteroatoms. The number of amides is 1. The number of benzene rings is 1. The molecule has 0 spiro atoms. The minimum atomic E-state index is -0.303. The summed E-state index contributed by atoms with van der Waals surface area (Å²) in [5.74, 6) is 1.02. The molecule has 1 aromatic rings. The first-order valence-corrected chi connectivity index (χ1v) is 6.60. The number of rotatable bonds is 4. The lowest BCUT2D eigenvalue weighted by atomic mass is 10.1. The van der Waals surface area contributed by atoms with Crippen molar-refractivity contribution in [3.05, 3.63) is 24.3 Å². The lowest BCUT2D eigenvalue weighted by Crippen LogP contribution is -2.49. The van der Waals surface area contributed by atoms with Crippen LogP contribution in [0.25, 0.3) is 0 Å². The van der Waals surface area contributed by atoms with Gasteiger partial charge in [-0.05, 0) is 57.3 Å². The fourth-order valence-corrected chi connectivity index (χ4v) is 1.78. The minimum absolute atomic E-state index is 0.0989. The monoisotopic (exact) mass is 296 g/mol. The zero-order chi connectivity index (χ0) is 15.2. The van der Waals surface area contributed by atoms with E-state index >= 15 is 0 Å². The number of carbonyl (C=O) groups excluding carboxylic acids is 1. The molecular formula is C14H20N2O3S. The van der Waals surface area contributed by atoms with Gasteiger partial charge in [-0.1, -0.05) is 0 Å². The van der Waals surface area contributed by atoms with Crippen LogP contribution in [-0.4, -0.2) is 30.3 Å². The van der Waals surface area contributed by atoms with E-state index in [0.717, 1.165) is 5.75 Å². The molecule has 2 N–H and O–H groups in total. The van der Waals surface area contributed by atoms with Gasteiger partial charge in [0.2, 0.25) is 0 Å².